The molecule has 0 radical (unpaired) electrons. The number of hydrogen-bond acceptors (Lipinski definition) is 4. The third-order valence-corrected chi connectivity index (χ3v) is 6.76. The molecule has 1 amide bonds. The van der Waals surface area contributed by atoms with E-state index in [1.807, 2.05) is 95.3 Å². The fourth-order valence-electron chi connectivity index (χ4n) is 4.83. The fraction of sp³-hybridized carbons (Fsp3) is 0.267. The maximum atomic E-state index is 13.5. The van der Waals surface area contributed by atoms with Gasteiger partial charge in [-0.25, -0.2) is 0 Å². The molecule has 5 heteroatoms. The molecule has 0 bridgehead atoms. The largest absolute Gasteiger partial charge is 0.507 e. The van der Waals surface area contributed by atoms with Crippen LogP contribution >= 0.6 is 0 Å². The number of hydrogen-bond donors (Lipinski definition) is 1. The Morgan fingerprint density at radius 3 is 2.14 bits per heavy atom. The molecule has 180 valence electrons. The highest BCUT2D eigenvalue weighted by Crippen LogP contribution is 2.44. The number of Topliss-reactive ketones (excluding diaryl/α,β-unsaturated/α-hetero) is 1. The summed E-state index contributed by atoms with van der Waals surface area (Å²) in [7, 11) is 1.62. The number of aliphatic hydroxyl groups excluding tert-OH is 1. The van der Waals surface area contributed by atoms with Gasteiger partial charge in [0.1, 0.15) is 11.5 Å². The van der Waals surface area contributed by atoms with E-state index >= 15 is 0 Å². The number of aryl methyl sites for hydroxylation is 3. The molecule has 1 fully saturated rings. The van der Waals surface area contributed by atoms with Crippen LogP contribution in [0.25, 0.3) is 5.76 Å². The van der Waals surface area contributed by atoms with Gasteiger partial charge in [0.2, 0.25) is 0 Å². The summed E-state index contributed by atoms with van der Waals surface area (Å²) in [5, 5.41) is 11.7. The van der Waals surface area contributed by atoms with Crippen LogP contribution in [0, 0.1) is 20.8 Å². The summed E-state index contributed by atoms with van der Waals surface area (Å²) in [4.78, 5) is 28.5. The van der Waals surface area contributed by atoms with Gasteiger partial charge in [0, 0.05) is 11.3 Å². The maximum absolute atomic E-state index is 13.5. The zero-order valence-corrected chi connectivity index (χ0v) is 21.0. The topological polar surface area (TPSA) is 66.8 Å². The van der Waals surface area contributed by atoms with Gasteiger partial charge in [-0.2, -0.15) is 0 Å². The highest BCUT2D eigenvalue weighted by molar-refractivity contribution is 6.51. The van der Waals surface area contributed by atoms with Crippen molar-refractivity contribution in [3.8, 4) is 5.75 Å². The molecule has 1 aliphatic heterocycles. The van der Waals surface area contributed by atoms with Gasteiger partial charge < -0.3 is 9.84 Å². The van der Waals surface area contributed by atoms with E-state index in [-0.39, 0.29) is 17.3 Å². The van der Waals surface area contributed by atoms with Crippen LogP contribution in [0.4, 0.5) is 5.69 Å². The number of amides is 1. The van der Waals surface area contributed by atoms with Crippen molar-refractivity contribution in [3.05, 3.63) is 99.6 Å². The SMILES string of the molecule is COc1cc(C)c(/C(O)=C2\C(=O)C(=O)N(c3ccccc3C)C2c2ccccc2C)cc1C(C)C. The molecule has 1 heterocycles. The summed E-state index contributed by atoms with van der Waals surface area (Å²) in [5.74, 6) is -0.650. The Kier molecular flexibility index (Phi) is 6.53. The first kappa shape index (κ1) is 24.3. The molecule has 1 atom stereocenters. The van der Waals surface area contributed by atoms with Crippen LogP contribution in [0.3, 0.4) is 0 Å². The Labute approximate surface area is 206 Å². The number of benzene rings is 3. The predicted octanol–water partition coefficient (Wildman–Crippen LogP) is 6.37. The second kappa shape index (κ2) is 9.41. The van der Waals surface area contributed by atoms with Gasteiger partial charge >= 0.3 is 0 Å². The number of aliphatic hydroxyl groups is 1. The van der Waals surface area contributed by atoms with Gasteiger partial charge in [-0.05, 0) is 72.7 Å². The number of ether oxygens (including phenoxy) is 1. The molecule has 5 nitrogen and oxygen atoms in total. The van der Waals surface area contributed by atoms with Crippen LogP contribution in [0.5, 0.6) is 5.75 Å². The van der Waals surface area contributed by atoms with Crippen LogP contribution in [-0.4, -0.2) is 23.9 Å². The highest BCUT2D eigenvalue weighted by atomic mass is 16.5. The van der Waals surface area contributed by atoms with Crippen molar-refractivity contribution in [3.63, 3.8) is 0 Å². The van der Waals surface area contributed by atoms with Crippen molar-refractivity contribution in [2.24, 2.45) is 0 Å². The first-order valence-electron chi connectivity index (χ1n) is 11.8. The highest BCUT2D eigenvalue weighted by Gasteiger charge is 2.47. The summed E-state index contributed by atoms with van der Waals surface area (Å²) in [5.41, 5.74) is 5.54. The lowest BCUT2D eigenvalue weighted by Crippen LogP contribution is -2.30. The normalized spacial score (nSPS) is 17.3. The van der Waals surface area contributed by atoms with E-state index in [1.165, 1.54) is 4.90 Å². The van der Waals surface area contributed by atoms with Gasteiger partial charge in [0.15, 0.2) is 0 Å². The van der Waals surface area contributed by atoms with Gasteiger partial charge in [-0.3, -0.25) is 14.5 Å². The number of para-hydroxylation sites is 1. The second-order valence-corrected chi connectivity index (χ2v) is 9.38. The van der Waals surface area contributed by atoms with Crippen LogP contribution < -0.4 is 9.64 Å². The fourth-order valence-corrected chi connectivity index (χ4v) is 4.83. The molecule has 4 rings (SSSR count). The monoisotopic (exact) mass is 469 g/mol. The van der Waals surface area contributed by atoms with E-state index in [9.17, 15) is 14.7 Å². The van der Waals surface area contributed by atoms with Crippen molar-refractivity contribution in [2.45, 2.75) is 46.6 Å². The third-order valence-electron chi connectivity index (χ3n) is 6.76. The number of nitrogens with zero attached hydrogens (tertiary/aromatic N) is 1. The molecule has 35 heavy (non-hydrogen) atoms. The van der Waals surface area contributed by atoms with Gasteiger partial charge in [-0.1, -0.05) is 56.3 Å². The van der Waals surface area contributed by atoms with Gasteiger partial charge in [0.25, 0.3) is 11.7 Å². The van der Waals surface area contributed by atoms with E-state index in [4.69, 9.17) is 4.74 Å². The summed E-state index contributed by atoms with van der Waals surface area (Å²) in [6.45, 7) is 9.81. The first-order chi connectivity index (χ1) is 16.7. The minimum absolute atomic E-state index is 0.0931. The zero-order chi connectivity index (χ0) is 25.4. The van der Waals surface area contributed by atoms with Crippen LogP contribution in [0.1, 0.15) is 59.2 Å². The van der Waals surface area contributed by atoms with Gasteiger partial charge in [0.05, 0.1) is 18.7 Å². The molecule has 0 aromatic heterocycles. The number of anilines is 1. The molecule has 3 aromatic carbocycles. The quantitative estimate of drug-likeness (QED) is 0.268. The minimum atomic E-state index is -0.749. The lowest BCUT2D eigenvalue weighted by atomic mass is 9.89. The molecule has 0 aliphatic carbocycles. The third kappa shape index (κ3) is 4.12. The number of rotatable bonds is 5. The van der Waals surface area contributed by atoms with Crippen LogP contribution in [-0.2, 0) is 9.59 Å². The number of methoxy groups -OCH3 is 1. The van der Waals surface area contributed by atoms with Crippen molar-refractivity contribution in [1.82, 2.24) is 0 Å². The second-order valence-electron chi connectivity index (χ2n) is 9.38. The molecular weight excluding hydrogens is 438 g/mol. The van der Waals surface area contributed by atoms with E-state index in [2.05, 4.69) is 0 Å². The molecule has 1 saturated heterocycles. The average Bonchev–Trinajstić information content (AvgIpc) is 3.09. The Morgan fingerprint density at radius 1 is 0.914 bits per heavy atom. The lowest BCUT2D eigenvalue weighted by molar-refractivity contribution is -0.132. The Balaban J connectivity index is 2.03. The minimum Gasteiger partial charge on any atom is -0.507 e. The molecule has 1 unspecified atom stereocenters. The van der Waals surface area contributed by atoms with E-state index in [1.54, 1.807) is 7.11 Å². The molecule has 3 aromatic rings. The van der Waals surface area contributed by atoms with Crippen molar-refractivity contribution < 1.29 is 19.4 Å². The van der Waals surface area contributed by atoms with Crippen LogP contribution in [0.2, 0.25) is 0 Å². The number of ketones is 1. The molecule has 0 spiro atoms. The first-order valence-corrected chi connectivity index (χ1v) is 11.8. The van der Waals surface area contributed by atoms with Crippen molar-refractivity contribution >= 4 is 23.1 Å². The van der Waals surface area contributed by atoms with Crippen molar-refractivity contribution in [2.75, 3.05) is 12.0 Å². The molecule has 1 N–H and O–H groups in total. The average molecular weight is 470 g/mol. The molecular formula is C30H31NO4. The van der Waals surface area contributed by atoms with E-state index < -0.39 is 17.7 Å². The number of carbonyl (C=O) groups excluding carboxylic acids is 2. The Morgan fingerprint density at radius 2 is 1.54 bits per heavy atom. The van der Waals surface area contributed by atoms with E-state index in [0.29, 0.717) is 11.3 Å². The van der Waals surface area contributed by atoms with Gasteiger partial charge in [-0.15, -0.1) is 0 Å². The summed E-state index contributed by atoms with van der Waals surface area (Å²) in [6, 6.07) is 18.1. The summed E-state index contributed by atoms with van der Waals surface area (Å²) < 4.78 is 5.55. The summed E-state index contributed by atoms with van der Waals surface area (Å²) in [6.07, 6.45) is 0. The van der Waals surface area contributed by atoms with Crippen LogP contribution in [0.15, 0.2) is 66.2 Å². The standard InChI is InChI=1S/C30H31NO4/c1-17(2)22-16-23(20(5)15-25(22)35-6)28(32)26-27(21-13-9-7-11-18(21)3)31(30(34)29(26)33)24-14-10-8-12-19(24)4/h7-17,27,32H,1-6H3/b28-26+. The molecule has 0 saturated carbocycles. The molecule has 1 aliphatic rings. The van der Waals surface area contributed by atoms with Crippen molar-refractivity contribution in [1.29, 1.82) is 0 Å². The maximum Gasteiger partial charge on any atom is 0.300 e. The summed E-state index contributed by atoms with van der Waals surface area (Å²) >= 11 is 0. The Bertz CT molecular complexity index is 1350. The number of carbonyl (C=O) groups is 2. The van der Waals surface area contributed by atoms with E-state index in [0.717, 1.165) is 33.6 Å². The smallest absolute Gasteiger partial charge is 0.300 e. The predicted molar refractivity (Wildman–Crippen MR) is 139 cm³/mol. The zero-order valence-electron chi connectivity index (χ0n) is 21.0. The lowest BCUT2D eigenvalue weighted by Gasteiger charge is -2.28. The Hall–Kier alpha value is -3.86.